The van der Waals surface area contributed by atoms with Crippen molar-refractivity contribution < 1.29 is 18.0 Å². The first-order valence-electron chi connectivity index (χ1n) is 10.7. The van der Waals surface area contributed by atoms with E-state index in [2.05, 4.69) is 29.6 Å². The third-order valence-corrected chi connectivity index (χ3v) is 7.31. The zero-order valence-corrected chi connectivity index (χ0v) is 19.6. The summed E-state index contributed by atoms with van der Waals surface area (Å²) in [4.78, 5) is 23.9. The highest BCUT2D eigenvalue weighted by Crippen LogP contribution is 2.27. The molecule has 0 heterocycles. The van der Waals surface area contributed by atoms with Gasteiger partial charge in [-0.25, -0.2) is 8.42 Å². The van der Waals surface area contributed by atoms with Crippen molar-refractivity contribution in [3.63, 3.8) is 0 Å². The largest absolute Gasteiger partial charge is 0.355 e. The number of likely N-dealkylation sites (N-methyl/N-ethyl adjacent to an activating group) is 1. The maximum atomic E-state index is 12.8. The molecular formula is C26H28N2O4S. The fourth-order valence-electron chi connectivity index (χ4n) is 3.64. The van der Waals surface area contributed by atoms with Gasteiger partial charge in [-0.2, -0.15) is 4.31 Å². The summed E-state index contributed by atoms with van der Waals surface area (Å²) in [6, 6.07) is 25.9. The number of ketones is 1. The number of sulfonamides is 1. The highest BCUT2D eigenvalue weighted by Gasteiger charge is 2.23. The lowest BCUT2D eigenvalue weighted by Crippen LogP contribution is -2.38. The van der Waals surface area contributed by atoms with E-state index in [1.54, 1.807) is 0 Å². The second-order valence-corrected chi connectivity index (χ2v) is 9.90. The number of hydrogen-bond acceptors (Lipinski definition) is 4. The summed E-state index contributed by atoms with van der Waals surface area (Å²) in [5.41, 5.74) is 2.75. The van der Waals surface area contributed by atoms with Crippen molar-refractivity contribution in [3.05, 3.63) is 102 Å². The first kappa shape index (κ1) is 24.4. The van der Waals surface area contributed by atoms with Crippen LogP contribution in [0, 0.1) is 0 Å². The van der Waals surface area contributed by atoms with Crippen LogP contribution in [0.5, 0.6) is 0 Å². The van der Waals surface area contributed by atoms with Gasteiger partial charge in [0.05, 0.1) is 11.4 Å². The molecule has 0 aliphatic carbocycles. The van der Waals surface area contributed by atoms with Gasteiger partial charge in [0.25, 0.3) is 0 Å². The lowest BCUT2D eigenvalue weighted by Gasteiger charge is -2.20. The molecule has 0 saturated heterocycles. The highest BCUT2D eigenvalue weighted by atomic mass is 32.2. The molecule has 0 bridgehead atoms. The lowest BCUT2D eigenvalue weighted by atomic mass is 9.88. The number of benzene rings is 3. The van der Waals surface area contributed by atoms with Gasteiger partial charge < -0.3 is 5.32 Å². The van der Waals surface area contributed by atoms with E-state index >= 15 is 0 Å². The number of carbonyl (C=O) groups excluding carboxylic acids is 2. The van der Waals surface area contributed by atoms with Crippen LogP contribution >= 0.6 is 0 Å². The van der Waals surface area contributed by atoms with Crippen LogP contribution in [-0.2, 0) is 14.8 Å². The van der Waals surface area contributed by atoms with Gasteiger partial charge >= 0.3 is 0 Å². The summed E-state index contributed by atoms with van der Waals surface area (Å²) in [6.45, 7) is 1.53. The topological polar surface area (TPSA) is 83.6 Å². The first-order chi connectivity index (χ1) is 15.8. The number of hydrogen-bond donors (Lipinski definition) is 1. The smallest absolute Gasteiger partial charge is 0.243 e. The van der Waals surface area contributed by atoms with Crippen molar-refractivity contribution in [1.82, 2.24) is 9.62 Å². The maximum absolute atomic E-state index is 12.8. The zero-order valence-electron chi connectivity index (χ0n) is 18.8. The van der Waals surface area contributed by atoms with Crippen molar-refractivity contribution in [1.29, 1.82) is 0 Å². The van der Waals surface area contributed by atoms with E-state index in [1.807, 2.05) is 36.4 Å². The molecule has 0 atom stereocenters. The Labute approximate surface area is 195 Å². The van der Waals surface area contributed by atoms with Crippen LogP contribution < -0.4 is 5.32 Å². The molecule has 0 spiro atoms. The fourth-order valence-corrected chi connectivity index (χ4v) is 4.76. The Kier molecular flexibility index (Phi) is 8.14. The average molecular weight is 465 g/mol. The number of carbonyl (C=O) groups is 2. The third-order valence-electron chi connectivity index (χ3n) is 5.49. The van der Waals surface area contributed by atoms with E-state index in [0.717, 1.165) is 15.4 Å². The number of rotatable bonds is 10. The van der Waals surface area contributed by atoms with Crippen molar-refractivity contribution in [3.8, 4) is 0 Å². The Morgan fingerprint density at radius 2 is 1.36 bits per heavy atom. The molecule has 3 aromatic rings. The van der Waals surface area contributed by atoms with E-state index in [9.17, 15) is 18.0 Å². The number of Topliss-reactive ketones (excluding diaryl/α,β-unsaturated/α-hetero) is 1. The average Bonchev–Trinajstić information content (AvgIpc) is 2.83. The Balaban J connectivity index is 1.60. The Morgan fingerprint density at radius 3 is 1.85 bits per heavy atom. The summed E-state index contributed by atoms with van der Waals surface area (Å²) in [5, 5.41) is 2.84. The minimum Gasteiger partial charge on any atom is -0.355 e. The second-order valence-electron chi connectivity index (χ2n) is 7.85. The van der Waals surface area contributed by atoms with Crippen molar-refractivity contribution in [2.45, 2.75) is 24.2 Å². The molecule has 0 aromatic heterocycles. The van der Waals surface area contributed by atoms with Crippen molar-refractivity contribution in [2.24, 2.45) is 0 Å². The van der Waals surface area contributed by atoms with Crippen LogP contribution in [0.15, 0.2) is 89.8 Å². The van der Waals surface area contributed by atoms with E-state index in [1.165, 1.54) is 38.2 Å². The molecule has 0 aliphatic heterocycles. The van der Waals surface area contributed by atoms with E-state index in [0.29, 0.717) is 18.5 Å². The van der Waals surface area contributed by atoms with Crippen LogP contribution in [-0.4, -0.2) is 44.6 Å². The molecule has 3 aromatic carbocycles. The minimum atomic E-state index is -3.84. The predicted molar refractivity (Wildman–Crippen MR) is 129 cm³/mol. The van der Waals surface area contributed by atoms with Gasteiger partial charge in [-0.1, -0.05) is 72.8 Å². The zero-order chi connectivity index (χ0) is 23.8. The standard InChI is InChI=1S/C26H28N2O4S/c1-20(29)21-13-15-24(16-14-21)33(31,32)28(2)19-26(30)27-18-17-25(22-9-5-3-6-10-22)23-11-7-4-8-12-23/h3-16,25H,17-19H2,1-2H3,(H,27,30). The number of amides is 1. The number of nitrogens with one attached hydrogen (secondary N) is 1. The maximum Gasteiger partial charge on any atom is 0.243 e. The molecule has 33 heavy (non-hydrogen) atoms. The van der Waals surface area contributed by atoms with E-state index in [-0.39, 0.29) is 29.0 Å². The van der Waals surface area contributed by atoms with Crippen LogP contribution in [0.1, 0.15) is 40.7 Å². The summed E-state index contributed by atoms with van der Waals surface area (Å²) in [5.74, 6) is -0.397. The minimum absolute atomic E-state index is 0.0380. The van der Waals surface area contributed by atoms with Crippen molar-refractivity contribution >= 4 is 21.7 Å². The third kappa shape index (κ3) is 6.37. The van der Waals surface area contributed by atoms with E-state index < -0.39 is 10.0 Å². The summed E-state index contributed by atoms with van der Waals surface area (Å²) in [7, 11) is -2.48. The van der Waals surface area contributed by atoms with Gasteiger partial charge in [0, 0.05) is 25.1 Å². The monoisotopic (exact) mass is 464 g/mol. The molecular weight excluding hydrogens is 436 g/mol. The van der Waals surface area contributed by atoms with Crippen LogP contribution in [0.25, 0.3) is 0 Å². The van der Waals surface area contributed by atoms with Crippen molar-refractivity contribution in [2.75, 3.05) is 20.1 Å². The molecule has 172 valence electrons. The molecule has 7 heteroatoms. The predicted octanol–water partition coefficient (Wildman–Crippen LogP) is 3.85. The molecule has 0 radical (unpaired) electrons. The second kappa shape index (κ2) is 11.0. The van der Waals surface area contributed by atoms with Gasteiger partial charge in [-0.15, -0.1) is 0 Å². The summed E-state index contributed by atoms with van der Waals surface area (Å²) in [6.07, 6.45) is 0.683. The van der Waals surface area contributed by atoms with Gasteiger partial charge in [0.15, 0.2) is 5.78 Å². The number of nitrogens with zero attached hydrogens (tertiary/aromatic N) is 1. The van der Waals surface area contributed by atoms with Gasteiger partial charge in [0.1, 0.15) is 0 Å². The molecule has 0 fully saturated rings. The molecule has 6 nitrogen and oxygen atoms in total. The molecule has 1 amide bonds. The lowest BCUT2D eigenvalue weighted by molar-refractivity contribution is -0.121. The van der Waals surface area contributed by atoms with Gasteiger partial charge in [-0.05, 0) is 36.6 Å². The fraction of sp³-hybridized carbons (Fsp3) is 0.231. The van der Waals surface area contributed by atoms with Gasteiger partial charge in [0.2, 0.25) is 15.9 Å². The SMILES string of the molecule is CC(=O)c1ccc(S(=O)(=O)N(C)CC(=O)NCCC(c2ccccc2)c2ccccc2)cc1. The van der Waals surface area contributed by atoms with Crippen LogP contribution in [0.2, 0.25) is 0 Å². The van der Waals surface area contributed by atoms with E-state index in [4.69, 9.17) is 0 Å². The molecule has 0 saturated carbocycles. The molecule has 0 aliphatic rings. The first-order valence-corrected chi connectivity index (χ1v) is 12.2. The Hall–Kier alpha value is -3.29. The van der Waals surface area contributed by atoms with Crippen LogP contribution in [0.3, 0.4) is 0 Å². The summed E-state index contributed by atoms with van der Waals surface area (Å²) < 4.78 is 26.5. The molecule has 1 N–H and O–H groups in total. The summed E-state index contributed by atoms with van der Waals surface area (Å²) >= 11 is 0. The van der Waals surface area contributed by atoms with Crippen LogP contribution in [0.4, 0.5) is 0 Å². The Bertz CT molecular complexity index is 1140. The Morgan fingerprint density at radius 1 is 0.848 bits per heavy atom. The normalized spacial score (nSPS) is 11.5. The quantitative estimate of drug-likeness (QED) is 0.462. The molecule has 0 unspecified atom stereocenters. The highest BCUT2D eigenvalue weighted by molar-refractivity contribution is 7.89. The van der Waals surface area contributed by atoms with Gasteiger partial charge in [-0.3, -0.25) is 9.59 Å². The molecule has 3 rings (SSSR count).